The number of rotatable bonds is 8. The topological polar surface area (TPSA) is 167 Å². The smallest absolute Gasteiger partial charge is 0.280 e. The van der Waals surface area contributed by atoms with E-state index in [0.717, 1.165) is 0 Å². The van der Waals surface area contributed by atoms with Gasteiger partial charge in [-0.2, -0.15) is 0 Å². The molecule has 16 heteroatoms. The van der Waals surface area contributed by atoms with Gasteiger partial charge in [-0.25, -0.2) is 8.62 Å². The quantitative estimate of drug-likeness (QED) is 0.241. The molecule has 1 aliphatic heterocycles. The molecule has 0 bridgehead atoms. The first kappa shape index (κ1) is 24.5. The molecular weight excluding hydrogens is 453 g/mol. The van der Waals surface area contributed by atoms with Crippen molar-refractivity contribution in [2.45, 2.75) is 19.0 Å². The Morgan fingerprint density at radius 1 is 1.13 bits per heavy atom. The minimum absolute atomic E-state index is 0. The zero-order chi connectivity index (χ0) is 17.2. The first-order valence-corrected chi connectivity index (χ1v) is 10.1. The molecule has 6 atom stereocenters. The van der Waals surface area contributed by atoms with E-state index >= 15 is 0 Å². The van der Waals surface area contributed by atoms with Crippen LogP contribution in [0, 0.1) is 12.3 Å². The largest absolute Gasteiger partial charge is 0.756 e. The molecule has 1 saturated heterocycles. The van der Waals surface area contributed by atoms with Crippen LogP contribution in [0.2, 0.25) is 0 Å². The van der Waals surface area contributed by atoms with E-state index in [0.29, 0.717) is 7.11 Å². The third-order valence-corrected chi connectivity index (χ3v) is 6.54. The maximum atomic E-state index is 11.4. The van der Waals surface area contributed by atoms with Crippen molar-refractivity contribution >= 4 is 31.3 Å². The van der Waals surface area contributed by atoms with E-state index in [1.54, 1.807) is 13.3 Å². The Hall–Kier alpha value is 1.54. The van der Waals surface area contributed by atoms with E-state index in [1.807, 2.05) is 0 Å². The molecule has 11 nitrogen and oxygen atoms in total. The van der Waals surface area contributed by atoms with Gasteiger partial charge in [-0.05, 0) is 0 Å². The molecule has 0 aromatic heterocycles. The van der Waals surface area contributed by atoms with E-state index in [2.05, 4.69) is 17.7 Å². The SMILES string of the molecule is [B]C1[CH-][C@@H](C)C(COP(=O)([O-])OP(=O)([O-])OP(=O)([O-])OC)O1.[Y]. The van der Waals surface area contributed by atoms with Crippen LogP contribution in [-0.4, -0.2) is 33.7 Å². The molecule has 0 amide bonds. The van der Waals surface area contributed by atoms with Gasteiger partial charge >= 0.3 is 0 Å². The van der Waals surface area contributed by atoms with Gasteiger partial charge in [-0.1, -0.05) is 12.9 Å². The summed E-state index contributed by atoms with van der Waals surface area (Å²) in [4.78, 5) is 33.3. The van der Waals surface area contributed by atoms with Crippen molar-refractivity contribution < 1.29 is 83.5 Å². The molecule has 0 aliphatic carbocycles. The molecule has 1 fully saturated rings. The van der Waals surface area contributed by atoms with Crippen LogP contribution in [-0.2, 0) is 68.8 Å². The summed E-state index contributed by atoms with van der Waals surface area (Å²) >= 11 is 0. The van der Waals surface area contributed by atoms with E-state index in [-0.39, 0.29) is 38.6 Å². The summed E-state index contributed by atoms with van der Waals surface area (Å²) in [7, 11) is -10.4. The molecule has 1 heterocycles. The van der Waals surface area contributed by atoms with E-state index in [4.69, 9.17) is 12.6 Å². The van der Waals surface area contributed by atoms with Gasteiger partial charge in [0.25, 0.3) is 23.5 Å². The molecule has 0 aromatic rings. The van der Waals surface area contributed by atoms with E-state index in [9.17, 15) is 28.4 Å². The first-order valence-electron chi connectivity index (χ1n) is 5.68. The Labute approximate surface area is 159 Å². The first-order chi connectivity index (χ1) is 9.86. The Bertz CT molecular complexity index is 532. The van der Waals surface area contributed by atoms with Crippen LogP contribution in [0.15, 0.2) is 0 Å². The molecule has 0 saturated carbocycles. The number of hydrogen-bond donors (Lipinski definition) is 0. The minimum atomic E-state index is -5.77. The van der Waals surface area contributed by atoms with Crippen molar-refractivity contribution in [1.82, 2.24) is 0 Å². The maximum absolute atomic E-state index is 11.4. The summed E-state index contributed by atoms with van der Waals surface area (Å²) in [6.07, 6.45) is 0.843. The molecular formula is C7H12BO11P3Y-4. The van der Waals surface area contributed by atoms with E-state index < -0.39 is 42.2 Å². The molecule has 23 heavy (non-hydrogen) atoms. The minimum Gasteiger partial charge on any atom is -0.756 e. The molecule has 131 valence electrons. The number of phosphoric acid groups is 3. The fraction of sp³-hybridized carbons (Fsp3) is 0.857. The van der Waals surface area contributed by atoms with Gasteiger partial charge in [0, 0.05) is 39.8 Å². The van der Waals surface area contributed by atoms with Gasteiger partial charge in [0.05, 0.1) is 20.6 Å². The fourth-order valence-corrected chi connectivity index (χ4v) is 4.60. The molecule has 0 N–H and O–H groups in total. The number of hydrogen-bond acceptors (Lipinski definition) is 11. The molecule has 0 aromatic carbocycles. The van der Waals surface area contributed by atoms with Gasteiger partial charge in [-0.3, -0.25) is 13.7 Å². The second-order valence-corrected chi connectivity index (χ2v) is 8.79. The van der Waals surface area contributed by atoms with Gasteiger partial charge in [0.1, 0.15) is 0 Å². The zero-order valence-corrected chi connectivity index (χ0v) is 17.5. The zero-order valence-electron chi connectivity index (χ0n) is 12.0. The normalized spacial score (nSPS) is 32.3. The summed E-state index contributed by atoms with van der Waals surface area (Å²) in [5.41, 5.74) is 0. The van der Waals surface area contributed by atoms with Crippen molar-refractivity contribution in [2.75, 3.05) is 13.7 Å². The average molecular weight is 465 g/mol. The maximum Gasteiger partial charge on any atom is 0.280 e. The predicted octanol–water partition coefficient (Wildman–Crippen LogP) is -1.18. The summed E-state index contributed by atoms with van der Waals surface area (Å²) in [6.45, 7) is 1.09. The third-order valence-electron chi connectivity index (χ3n) is 2.43. The van der Waals surface area contributed by atoms with Crippen LogP contribution < -0.4 is 14.7 Å². The molecule has 3 radical (unpaired) electrons. The van der Waals surface area contributed by atoms with Crippen molar-refractivity contribution in [3.8, 4) is 0 Å². The monoisotopic (exact) mass is 465 g/mol. The van der Waals surface area contributed by atoms with Crippen LogP contribution in [0.5, 0.6) is 0 Å². The Kier molecular flexibility index (Phi) is 10.1. The third kappa shape index (κ3) is 9.15. The summed E-state index contributed by atoms with van der Waals surface area (Å²) < 4.78 is 53.5. The van der Waals surface area contributed by atoms with Crippen molar-refractivity contribution in [3.63, 3.8) is 0 Å². The Morgan fingerprint density at radius 2 is 1.65 bits per heavy atom. The number of ether oxygens (including phenoxy) is 1. The van der Waals surface area contributed by atoms with Crippen molar-refractivity contribution in [1.29, 1.82) is 0 Å². The standard InChI is InChI=1S/C7H15BO11P3.Y/c1-5-3-7(8)17-6(5)4-16-21(11,12)19-22(13,14)18-20(9,10)15-2;/h3,5-7H,4H2,1-2H3,(H,9,10)(H,11,12)(H,13,14);/q-1;/p-3/t5-,6?,7?;/m1./s1. The molecule has 5 unspecified atom stereocenters. The average Bonchev–Trinajstić information content (AvgIpc) is 2.62. The summed E-state index contributed by atoms with van der Waals surface area (Å²) in [5, 5.41) is 0. The molecule has 1 aliphatic rings. The second kappa shape index (κ2) is 9.47. The van der Waals surface area contributed by atoms with Gasteiger partial charge < -0.3 is 34.9 Å². The van der Waals surface area contributed by atoms with Gasteiger partial charge in [0.15, 0.2) is 0 Å². The van der Waals surface area contributed by atoms with Crippen LogP contribution in [0.3, 0.4) is 0 Å². The van der Waals surface area contributed by atoms with Crippen molar-refractivity contribution in [3.05, 3.63) is 6.42 Å². The molecule has 1 rings (SSSR count). The Balaban J connectivity index is 0.00000484. The van der Waals surface area contributed by atoms with Crippen molar-refractivity contribution in [2.24, 2.45) is 5.92 Å². The predicted molar refractivity (Wildman–Crippen MR) is 65.8 cm³/mol. The van der Waals surface area contributed by atoms with Crippen LogP contribution in [0.4, 0.5) is 0 Å². The fourth-order valence-electron chi connectivity index (χ4n) is 1.47. The molecule has 0 spiro atoms. The van der Waals surface area contributed by atoms with Crippen LogP contribution >= 0.6 is 23.5 Å². The van der Waals surface area contributed by atoms with E-state index in [1.165, 1.54) is 0 Å². The number of phosphoric ester groups is 2. The summed E-state index contributed by atoms with van der Waals surface area (Å²) in [6, 6.07) is -0.711. The Morgan fingerprint density at radius 3 is 2.09 bits per heavy atom. The summed E-state index contributed by atoms with van der Waals surface area (Å²) in [5.74, 6) is -0.249. The van der Waals surface area contributed by atoms with Crippen LogP contribution in [0.25, 0.3) is 0 Å². The van der Waals surface area contributed by atoms with Gasteiger partial charge in [-0.15, -0.1) is 5.92 Å². The van der Waals surface area contributed by atoms with Crippen LogP contribution in [0.1, 0.15) is 6.92 Å². The van der Waals surface area contributed by atoms with Gasteiger partial charge in [0.2, 0.25) is 0 Å². The second-order valence-electron chi connectivity index (χ2n) is 4.17.